The fraction of sp³-hybridized carbons (Fsp3) is 0. The molecule has 0 aliphatic heterocycles. The lowest BCUT2D eigenvalue weighted by Crippen LogP contribution is -3.00. The van der Waals surface area contributed by atoms with Crippen LogP contribution in [0, 0.1) is 0 Å². The minimum Gasteiger partial charge on any atom is -1.00 e. The normalized spacial score (nSPS) is 3.25. The molecule has 0 N–H and O–H groups in total. The standard InChI is InChI=1S/5C2H4S.5FH/c5*1-2-3;;;;;/h5*2-3H,1H2;5*1H. The first kappa shape index (κ1) is 71.9. The summed E-state index contributed by atoms with van der Waals surface area (Å²) in [5.74, 6) is 0. The second kappa shape index (κ2) is 241. The van der Waals surface area contributed by atoms with Crippen LogP contribution in [0.5, 0.6) is 0 Å². The molecular formula is C10H25F5S5. The third-order valence-electron chi connectivity index (χ3n) is 0. The van der Waals surface area contributed by atoms with Crippen LogP contribution in [0.3, 0.4) is 0 Å². The van der Waals surface area contributed by atoms with E-state index in [2.05, 4.69) is 96.0 Å². The van der Waals surface area contributed by atoms with Crippen LogP contribution in [0.1, 0.15) is 0 Å². The number of hydrogen-bond donors (Lipinski definition) is 0. The molecule has 0 aromatic heterocycles. The van der Waals surface area contributed by atoms with Crippen molar-refractivity contribution in [1.82, 2.24) is 0 Å². The Morgan fingerprint density at radius 2 is 0.350 bits per heavy atom. The van der Waals surface area contributed by atoms with E-state index in [9.17, 15) is 0 Å². The maximum atomic E-state index is 3.27. The Labute approximate surface area is 146 Å². The zero-order valence-electron chi connectivity index (χ0n) is 10.8. The highest BCUT2D eigenvalue weighted by molar-refractivity contribution is 7.62. The van der Waals surface area contributed by atoms with Gasteiger partial charge in [0.15, 0.2) is 0 Å². The predicted molar refractivity (Wildman–Crippen MR) is 102 cm³/mol. The van der Waals surface area contributed by atoms with Gasteiger partial charge in [0.1, 0.15) is 27.0 Å². The number of hydrogen-bond acceptors (Lipinski definition) is 0. The van der Waals surface area contributed by atoms with E-state index in [0.717, 1.165) is 0 Å². The molecular weight excluding hydrogens is 375 g/mol. The van der Waals surface area contributed by atoms with Gasteiger partial charge in [0.05, 0.1) is 0 Å². The zero-order valence-corrected chi connectivity index (χ0v) is 15.8. The van der Waals surface area contributed by atoms with E-state index in [4.69, 9.17) is 0 Å². The molecule has 0 aliphatic rings. The highest BCUT2D eigenvalue weighted by Gasteiger charge is 1.28. The van der Waals surface area contributed by atoms with Crippen LogP contribution >= 0.6 is 0 Å². The molecule has 0 atom stereocenters. The summed E-state index contributed by atoms with van der Waals surface area (Å²) >= 11 is 14.7. The average Bonchev–Trinajstić information content (AvgIpc) is 2.09. The zero-order chi connectivity index (χ0) is 13.5. The summed E-state index contributed by atoms with van der Waals surface area (Å²) in [6.07, 6.45) is 0. The molecule has 130 valence electrons. The van der Waals surface area contributed by atoms with Crippen molar-refractivity contribution < 1.29 is 23.5 Å². The monoisotopic (exact) mass is 400 g/mol. The van der Waals surface area contributed by atoms with Gasteiger partial charge in [0, 0.05) is 0 Å². The molecule has 0 bridgehead atoms. The van der Waals surface area contributed by atoms with Crippen LogP contribution in [0.15, 0.2) is 59.9 Å². The van der Waals surface area contributed by atoms with E-state index in [0.29, 0.717) is 0 Å². The first-order chi connectivity index (χ1) is 7.07. The van der Waals surface area contributed by atoms with Crippen molar-refractivity contribution >= 4 is 63.1 Å². The maximum absolute atomic E-state index is 3.27. The van der Waals surface area contributed by atoms with Crippen LogP contribution < -0.4 is 23.5 Å². The summed E-state index contributed by atoms with van der Waals surface area (Å²) in [6, 6.07) is 0. The van der Waals surface area contributed by atoms with Crippen molar-refractivity contribution in [2.75, 3.05) is 0 Å². The molecule has 0 saturated heterocycles. The summed E-state index contributed by atoms with van der Waals surface area (Å²) in [7, 11) is 0. The van der Waals surface area contributed by atoms with E-state index in [1.165, 1.54) is 0 Å². The summed E-state index contributed by atoms with van der Waals surface area (Å²) in [4.78, 5) is 0. The smallest absolute Gasteiger partial charge is 0.107 e. The van der Waals surface area contributed by atoms with Gasteiger partial charge in [-0.05, 0) is 63.1 Å². The third-order valence-corrected chi connectivity index (χ3v) is 0. The van der Waals surface area contributed by atoms with Crippen LogP contribution in [-0.2, 0) is 63.1 Å². The molecule has 0 aromatic rings. The number of halogens is 5. The molecule has 0 amide bonds. The second-order valence-corrected chi connectivity index (χ2v) is 3.06. The molecule has 0 radical (unpaired) electrons. The Bertz CT molecular complexity index is 102. The minimum absolute atomic E-state index is 0. The van der Waals surface area contributed by atoms with Gasteiger partial charge < -0.3 is 23.5 Å². The van der Waals surface area contributed by atoms with Crippen LogP contribution in [0.2, 0.25) is 0 Å². The molecule has 0 saturated carbocycles. The maximum Gasteiger partial charge on any atom is 0.107 e. The summed E-state index contributed by atoms with van der Waals surface area (Å²) in [5.41, 5.74) is 0. The van der Waals surface area contributed by atoms with E-state index < -0.39 is 0 Å². The highest BCUT2D eigenvalue weighted by Crippen LogP contribution is 1.34. The first-order valence-electron chi connectivity index (χ1n) is 3.48. The van der Waals surface area contributed by atoms with Crippen molar-refractivity contribution in [2.24, 2.45) is 0 Å². The SMILES string of the molecule is C=C[SH2+].C=C[SH2+].C=C[SH2+].C=C[SH2+].C=C[SH2+].[F-].[F-].[F-].[F-].[F-]. The third kappa shape index (κ3) is 529000. The Kier molecular flexibility index (Phi) is 865. The van der Waals surface area contributed by atoms with E-state index in [-0.39, 0.29) is 23.5 Å². The van der Waals surface area contributed by atoms with Crippen LogP contribution in [-0.4, -0.2) is 0 Å². The summed E-state index contributed by atoms with van der Waals surface area (Å²) in [5, 5.41) is 7.78. The quantitative estimate of drug-likeness (QED) is 0.280. The molecule has 0 aliphatic carbocycles. The molecule has 0 nitrogen and oxygen atoms in total. The van der Waals surface area contributed by atoms with Gasteiger partial charge >= 0.3 is 0 Å². The Morgan fingerprint density at radius 3 is 0.350 bits per heavy atom. The van der Waals surface area contributed by atoms with Crippen molar-refractivity contribution in [2.45, 2.75) is 0 Å². The average molecular weight is 401 g/mol. The fourth-order valence-corrected chi connectivity index (χ4v) is 0. The lowest BCUT2D eigenvalue weighted by atomic mass is 11.3. The van der Waals surface area contributed by atoms with E-state index >= 15 is 0 Å². The summed E-state index contributed by atoms with van der Waals surface area (Å²) in [6.45, 7) is 16.4. The molecule has 0 rings (SSSR count). The minimum atomic E-state index is 0. The summed E-state index contributed by atoms with van der Waals surface area (Å²) < 4.78 is 0. The van der Waals surface area contributed by atoms with Gasteiger partial charge in [-0.1, -0.05) is 32.9 Å². The lowest BCUT2D eigenvalue weighted by Gasteiger charge is -1.19. The van der Waals surface area contributed by atoms with Crippen molar-refractivity contribution in [3.63, 3.8) is 0 Å². The van der Waals surface area contributed by atoms with Gasteiger partial charge in [-0.3, -0.25) is 0 Å². The van der Waals surface area contributed by atoms with Crippen LogP contribution in [0.4, 0.5) is 0 Å². The molecule has 0 spiro atoms. The fourth-order valence-electron chi connectivity index (χ4n) is 0. The van der Waals surface area contributed by atoms with Crippen molar-refractivity contribution in [3.8, 4) is 0 Å². The first-order valence-corrected chi connectivity index (χ1v) is 6.37. The van der Waals surface area contributed by atoms with Gasteiger partial charge in [0.25, 0.3) is 0 Å². The van der Waals surface area contributed by atoms with Crippen LogP contribution in [0.25, 0.3) is 0 Å². The topological polar surface area (TPSA) is 0 Å². The molecule has 10 heteroatoms. The Hall–Kier alpha value is 0.1000. The highest BCUT2D eigenvalue weighted by atomic mass is 32.1. The molecule has 0 heterocycles. The van der Waals surface area contributed by atoms with E-state index in [1.54, 1.807) is 27.0 Å². The van der Waals surface area contributed by atoms with Crippen molar-refractivity contribution in [3.05, 3.63) is 59.9 Å². The molecule has 20 heavy (non-hydrogen) atoms. The van der Waals surface area contributed by atoms with Crippen molar-refractivity contribution in [1.29, 1.82) is 0 Å². The largest absolute Gasteiger partial charge is 1.00 e. The second-order valence-electron chi connectivity index (χ2n) is 1.02. The van der Waals surface area contributed by atoms with Gasteiger partial charge in [-0.25, -0.2) is 0 Å². The molecule has 0 fully saturated rings. The predicted octanol–water partition coefficient (Wildman–Crippen LogP) is -14.3. The molecule has 0 aromatic carbocycles. The Morgan fingerprint density at radius 1 is 0.350 bits per heavy atom. The number of rotatable bonds is 0. The van der Waals surface area contributed by atoms with Gasteiger partial charge in [-0.2, -0.15) is 0 Å². The van der Waals surface area contributed by atoms with E-state index in [1.807, 2.05) is 0 Å². The Balaban J connectivity index is -0.00000000735. The molecule has 0 unspecified atom stereocenters. The lowest BCUT2D eigenvalue weighted by molar-refractivity contribution is -0.00100. The van der Waals surface area contributed by atoms with Gasteiger partial charge in [-0.15, -0.1) is 0 Å². The van der Waals surface area contributed by atoms with Gasteiger partial charge in [0.2, 0.25) is 0 Å².